The minimum atomic E-state index is -1.09. The summed E-state index contributed by atoms with van der Waals surface area (Å²) in [5.74, 6) is -1.09. The second-order valence-corrected chi connectivity index (χ2v) is 3.73. The van der Waals surface area contributed by atoms with E-state index in [0.717, 1.165) is 4.90 Å². The first-order chi connectivity index (χ1) is 9.16. The lowest BCUT2D eigenvalue weighted by Gasteiger charge is -2.20. The second kappa shape index (κ2) is 5.67. The number of hydrogen-bond acceptors (Lipinski definition) is 3. The first-order valence-corrected chi connectivity index (χ1v) is 5.51. The van der Waals surface area contributed by atoms with Crippen LogP contribution < -0.4 is 10.2 Å². The van der Waals surface area contributed by atoms with Crippen LogP contribution in [0.25, 0.3) is 0 Å². The van der Waals surface area contributed by atoms with Gasteiger partial charge >= 0.3 is 12.0 Å². The van der Waals surface area contributed by atoms with Crippen LogP contribution in [-0.4, -0.2) is 33.8 Å². The van der Waals surface area contributed by atoms with Crippen LogP contribution in [0.4, 0.5) is 16.2 Å². The largest absolute Gasteiger partial charge is 0.480 e. The number of carbonyl (C=O) groups excluding carboxylic acids is 1. The molecule has 7 heteroatoms. The van der Waals surface area contributed by atoms with E-state index in [-0.39, 0.29) is 0 Å². The molecule has 3 N–H and O–H groups in total. The number of benzene rings is 1. The SMILES string of the molecule is O=C(O)CN(C(=O)Nc1cn[nH]c1)c1ccccc1. The maximum atomic E-state index is 12.1. The molecule has 0 fully saturated rings. The first-order valence-electron chi connectivity index (χ1n) is 5.51. The molecule has 0 radical (unpaired) electrons. The fourth-order valence-corrected chi connectivity index (χ4v) is 1.53. The van der Waals surface area contributed by atoms with E-state index in [0.29, 0.717) is 11.4 Å². The number of carboxylic acids is 1. The van der Waals surface area contributed by atoms with Gasteiger partial charge in [0.2, 0.25) is 0 Å². The topological polar surface area (TPSA) is 98.3 Å². The molecule has 1 heterocycles. The van der Waals surface area contributed by atoms with Crippen molar-refractivity contribution in [2.45, 2.75) is 0 Å². The molecule has 98 valence electrons. The number of rotatable bonds is 4. The van der Waals surface area contributed by atoms with Crippen LogP contribution in [-0.2, 0) is 4.79 Å². The van der Waals surface area contributed by atoms with E-state index in [1.807, 2.05) is 0 Å². The summed E-state index contributed by atoms with van der Waals surface area (Å²) in [7, 11) is 0. The van der Waals surface area contributed by atoms with Crippen molar-refractivity contribution in [3.05, 3.63) is 42.7 Å². The van der Waals surface area contributed by atoms with Crippen LogP contribution >= 0.6 is 0 Å². The highest BCUT2D eigenvalue weighted by atomic mass is 16.4. The Bertz CT molecular complexity index is 554. The molecule has 1 aromatic carbocycles. The Morgan fingerprint density at radius 2 is 2.05 bits per heavy atom. The van der Waals surface area contributed by atoms with Crippen molar-refractivity contribution in [2.75, 3.05) is 16.8 Å². The van der Waals surface area contributed by atoms with Crippen LogP contribution in [0.1, 0.15) is 0 Å². The Balaban J connectivity index is 2.18. The molecule has 0 bridgehead atoms. The van der Waals surface area contributed by atoms with Gasteiger partial charge in [0, 0.05) is 11.9 Å². The summed E-state index contributed by atoms with van der Waals surface area (Å²) in [6.45, 7) is -0.423. The predicted octanol–water partition coefficient (Wildman–Crippen LogP) is 1.53. The average Bonchev–Trinajstić information content (AvgIpc) is 2.89. The van der Waals surface area contributed by atoms with Gasteiger partial charge in [0.15, 0.2) is 0 Å². The maximum Gasteiger partial charge on any atom is 0.326 e. The highest BCUT2D eigenvalue weighted by molar-refractivity contribution is 6.04. The van der Waals surface area contributed by atoms with Crippen molar-refractivity contribution in [1.29, 1.82) is 0 Å². The van der Waals surface area contributed by atoms with Gasteiger partial charge in [-0.05, 0) is 12.1 Å². The molecular weight excluding hydrogens is 248 g/mol. The zero-order chi connectivity index (χ0) is 13.7. The lowest BCUT2D eigenvalue weighted by atomic mass is 10.3. The molecule has 0 spiro atoms. The molecule has 2 amide bonds. The number of carbonyl (C=O) groups is 2. The fourth-order valence-electron chi connectivity index (χ4n) is 1.53. The number of urea groups is 1. The first kappa shape index (κ1) is 12.6. The number of aromatic nitrogens is 2. The van der Waals surface area contributed by atoms with E-state index in [9.17, 15) is 9.59 Å². The third kappa shape index (κ3) is 3.32. The summed E-state index contributed by atoms with van der Waals surface area (Å²) >= 11 is 0. The molecule has 0 aliphatic carbocycles. The number of para-hydroxylation sites is 1. The summed E-state index contributed by atoms with van der Waals surface area (Å²) in [4.78, 5) is 24.0. The summed E-state index contributed by atoms with van der Waals surface area (Å²) in [6, 6.07) is 8.05. The fraction of sp³-hybridized carbons (Fsp3) is 0.0833. The monoisotopic (exact) mass is 260 g/mol. The van der Waals surface area contributed by atoms with Crippen molar-refractivity contribution < 1.29 is 14.7 Å². The molecule has 2 rings (SSSR count). The quantitative estimate of drug-likeness (QED) is 0.776. The Hall–Kier alpha value is -2.83. The molecule has 1 aromatic heterocycles. The van der Waals surface area contributed by atoms with E-state index < -0.39 is 18.5 Å². The summed E-state index contributed by atoms with van der Waals surface area (Å²) in [5.41, 5.74) is 0.974. The van der Waals surface area contributed by atoms with Gasteiger partial charge in [0.05, 0.1) is 11.9 Å². The Labute approximate surface area is 108 Å². The lowest BCUT2D eigenvalue weighted by molar-refractivity contribution is -0.135. The van der Waals surface area contributed by atoms with Crippen molar-refractivity contribution in [3.63, 3.8) is 0 Å². The van der Waals surface area contributed by atoms with Gasteiger partial charge in [-0.15, -0.1) is 0 Å². The smallest absolute Gasteiger partial charge is 0.326 e. The Morgan fingerprint density at radius 3 is 2.63 bits per heavy atom. The van der Waals surface area contributed by atoms with Crippen molar-refractivity contribution in [2.24, 2.45) is 0 Å². The molecular formula is C12H12N4O3. The number of anilines is 2. The second-order valence-electron chi connectivity index (χ2n) is 3.73. The molecule has 19 heavy (non-hydrogen) atoms. The van der Waals surface area contributed by atoms with E-state index in [4.69, 9.17) is 5.11 Å². The number of carboxylic acid groups (broad SMARTS) is 1. The highest BCUT2D eigenvalue weighted by Crippen LogP contribution is 2.15. The van der Waals surface area contributed by atoms with Gasteiger partial charge in [0.25, 0.3) is 0 Å². The molecule has 0 saturated heterocycles. The molecule has 7 nitrogen and oxygen atoms in total. The standard InChI is InChI=1S/C12H12N4O3/c17-11(18)8-16(10-4-2-1-3-5-10)12(19)15-9-6-13-14-7-9/h1-7H,8H2,(H,13,14)(H,15,19)(H,17,18). The van der Waals surface area contributed by atoms with Crippen molar-refractivity contribution in [3.8, 4) is 0 Å². The zero-order valence-corrected chi connectivity index (χ0v) is 9.91. The van der Waals surface area contributed by atoms with Crippen LogP contribution in [0.15, 0.2) is 42.7 Å². The van der Waals surface area contributed by atoms with Crippen LogP contribution in [0.3, 0.4) is 0 Å². The minimum Gasteiger partial charge on any atom is -0.480 e. The number of hydrogen-bond donors (Lipinski definition) is 3. The zero-order valence-electron chi connectivity index (χ0n) is 9.91. The van der Waals surface area contributed by atoms with Gasteiger partial charge in [-0.1, -0.05) is 18.2 Å². The number of nitrogens with one attached hydrogen (secondary N) is 2. The molecule has 0 aliphatic rings. The molecule has 0 unspecified atom stereocenters. The van der Waals surface area contributed by atoms with E-state index in [2.05, 4.69) is 15.5 Å². The van der Waals surface area contributed by atoms with Gasteiger partial charge in [-0.3, -0.25) is 14.8 Å². The van der Waals surface area contributed by atoms with Gasteiger partial charge < -0.3 is 10.4 Å². The lowest BCUT2D eigenvalue weighted by Crippen LogP contribution is -2.38. The minimum absolute atomic E-state index is 0.423. The van der Waals surface area contributed by atoms with Gasteiger partial charge in [-0.25, -0.2) is 4.79 Å². The Morgan fingerprint density at radius 1 is 1.32 bits per heavy atom. The summed E-state index contributed by atoms with van der Waals surface area (Å²) in [6.07, 6.45) is 2.93. The molecule has 0 atom stereocenters. The van der Waals surface area contributed by atoms with Gasteiger partial charge in [0.1, 0.15) is 6.54 Å². The van der Waals surface area contributed by atoms with E-state index in [1.165, 1.54) is 12.4 Å². The third-order valence-electron chi connectivity index (χ3n) is 2.36. The Kier molecular flexibility index (Phi) is 3.77. The number of aromatic amines is 1. The number of aliphatic carboxylic acids is 1. The highest BCUT2D eigenvalue weighted by Gasteiger charge is 2.18. The van der Waals surface area contributed by atoms with Crippen molar-refractivity contribution >= 4 is 23.4 Å². The predicted molar refractivity (Wildman–Crippen MR) is 69.0 cm³/mol. The van der Waals surface area contributed by atoms with Crippen LogP contribution in [0, 0.1) is 0 Å². The van der Waals surface area contributed by atoms with E-state index in [1.54, 1.807) is 30.3 Å². The van der Waals surface area contributed by atoms with Crippen molar-refractivity contribution in [1.82, 2.24) is 10.2 Å². The number of nitrogens with zero attached hydrogens (tertiary/aromatic N) is 2. The third-order valence-corrected chi connectivity index (χ3v) is 2.36. The van der Waals surface area contributed by atoms with Gasteiger partial charge in [-0.2, -0.15) is 5.10 Å². The summed E-state index contributed by atoms with van der Waals surface area (Å²) in [5, 5.41) is 17.7. The molecule has 2 aromatic rings. The normalized spacial score (nSPS) is 9.89. The summed E-state index contributed by atoms with van der Waals surface area (Å²) < 4.78 is 0. The average molecular weight is 260 g/mol. The van der Waals surface area contributed by atoms with E-state index >= 15 is 0 Å². The maximum absolute atomic E-state index is 12.1. The molecule has 0 aliphatic heterocycles. The number of amides is 2. The molecule has 0 saturated carbocycles. The van der Waals surface area contributed by atoms with Crippen LogP contribution in [0.5, 0.6) is 0 Å². The number of H-pyrrole nitrogens is 1. The van der Waals surface area contributed by atoms with Crippen LogP contribution in [0.2, 0.25) is 0 Å².